The van der Waals surface area contributed by atoms with Crippen molar-refractivity contribution in [3.05, 3.63) is 76.2 Å². The quantitative estimate of drug-likeness (QED) is 0.429. The summed E-state index contributed by atoms with van der Waals surface area (Å²) in [7, 11) is 0. The van der Waals surface area contributed by atoms with Crippen molar-refractivity contribution in [2.24, 2.45) is 0 Å². The normalized spacial score (nSPS) is 12.8. The molecule has 2 N–H and O–H groups in total. The Balaban J connectivity index is 1.93. The molecule has 0 fully saturated rings. The molecule has 1 nitrogen and oxygen atoms in total. The minimum atomic E-state index is 0.855. The summed E-state index contributed by atoms with van der Waals surface area (Å²) >= 11 is 0. The second kappa shape index (κ2) is 3.64. The Morgan fingerprint density at radius 2 is 1.29 bits per heavy atom. The van der Waals surface area contributed by atoms with Gasteiger partial charge < -0.3 is 5.73 Å². The fourth-order valence-corrected chi connectivity index (χ4v) is 3.56. The number of fused-ring (bicyclic) bond motifs is 7. The first-order chi connectivity index (χ1) is 10.3. The first-order valence-electron chi connectivity index (χ1n) is 7.18. The molecular weight excluding hydrogens is 254 g/mol. The monoisotopic (exact) mass is 267 g/mol. The van der Waals surface area contributed by atoms with Crippen LogP contribution in [-0.4, -0.2) is 0 Å². The van der Waals surface area contributed by atoms with Crippen molar-refractivity contribution in [1.82, 2.24) is 0 Å². The predicted molar refractivity (Wildman–Crippen MR) is 88.1 cm³/mol. The molecule has 0 radical (unpaired) electrons. The van der Waals surface area contributed by atoms with Gasteiger partial charge in [-0.3, -0.25) is 0 Å². The molecule has 0 atom stereocenters. The van der Waals surface area contributed by atoms with Gasteiger partial charge in [-0.15, -0.1) is 0 Å². The smallest absolute Gasteiger partial charge is 0.0394 e. The van der Waals surface area contributed by atoms with E-state index >= 15 is 0 Å². The van der Waals surface area contributed by atoms with Crippen molar-refractivity contribution in [1.29, 1.82) is 0 Å². The Bertz CT molecular complexity index is 1040. The summed E-state index contributed by atoms with van der Waals surface area (Å²) in [5.41, 5.74) is 14.6. The average molecular weight is 267 g/mol. The SMILES string of the molecule is Nc1cccc2c1C=c1c-2ccc2c1=Cc1ccccc1-2. The van der Waals surface area contributed by atoms with Crippen molar-refractivity contribution < 1.29 is 0 Å². The van der Waals surface area contributed by atoms with E-state index in [-0.39, 0.29) is 0 Å². The van der Waals surface area contributed by atoms with E-state index in [1.54, 1.807) is 0 Å². The number of nitrogens with two attached hydrogens (primary N) is 1. The summed E-state index contributed by atoms with van der Waals surface area (Å²) in [6.07, 6.45) is 4.53. The third kappa shape index (κ3) is 1.30. The Hall–Kier alpha value is -2.80. The number of hydrogen-bond acceptors (Lipinski definition) is 1. The Kier molecular flexibility index (Phi) is 1.90. The van der Waals surface area contributed by atoms with Crippen LogP contribution >= 0.6 is 0 Å². The third-order valence-electron chi connectivity index (χ3n) is 4.56. The van der Waals surface area contributed by atoms with Gasteiger partial charge in [0, 0.05) is 11.3 Å². The standard InChI is InChI=1S/C20H13N/c21-20-7-3-6-14-16-9-8-15-13-5-2-1-4-12(13)10-17(15)18(16)11-19(14)20/h1-11H,21H2. The van der Waals surface area contributed by atoms with Gasteiger partial charge in [-0.2, -0.15) is 0 Å². The van der Waals surface area contributed by atoms with Gasteiger partial charge in [0.05, 0.1) is 0 Å². The molecule has 21 heavy (non-hydrogen) atoms. The van der Waals surface area contributed by atoms with E-state index < -0.39 is 0 Å². The number of nitrogen functional groups attached to an aromatic ring is 1. The minimum Gasteiger partial charge on any atom is -0.398 e. The van der Waals surface area contributed by atoms with Gasteiger partial charge >= 0.3 is 0 Å². The van der Waals surface area contributed by atoms with Crippen LogP contribution in [-0.2, 0) is 0 Å². The molecule has 0 bridgehead atoms. The fourth-order valence-electron chi connectivity index (χ4n) is 3.56. The van der Waals surface area contributed by atoms with Gasteiger partial charge in [0.2, 0.25) is 0 Å². The average Bonchev–Trinajstić information content (AvgIpc) is 3.06. The van der Waals surface area contributed by atoms with Crippen molar-refractivity contribution >= 4 is 17.8 Å². The summed E-state index contributed by atoms with van der Waals surface area (Å²) in [6, 6.07) is 19.2. The highest BCUT2D eigenvalue weighted by atomic mass is 14.6. The molecule has 0 heterocycles. The molecule has 2 aliphatic carbocycles. The molecule has 0 aromatic heterocycles. The lowest BCUT2D eigenvalue weighted by Crippen LogP contribution is -2.25. The molecule has 1 heteroatoms. The summed E-state index contributed by atoms with van der Waals surface area (Å²) in [5.74, 6) is 0. The van der Waals surface area contributed by atoms with Crippen molar-refractivity contribution in [2.75, 3.05) is 5.73 Å². The lowest BCUT2D eigenvalue weighted by molar-refractivity contribution is 1.54. The maximum Gasteiger partial charge on any atom is 0.0394 e. The van der Waals surface area contributed by atoms with Gasteiger partial charge in [-0.1, -0.05) is 48.5 Å². The van der Waals surface area contributed by atoms with E-state index in [9.17, 15) is 0 Å². The molecule has 2 aliphatic rings. The van der Waals surface area contributed by atoms with Gasteiger partial charge in [-0.25, -0.2) is 0 Å². The highest BCUT2D eigenvalue weighted by molar-refractivity contribution is 5.92. The van der Waals surface area contributed by atoms with Crippen LogP contribution in [0.15, 0.2) is 54.6 Å². The molecule has 5 rings (SSSR count). The van der Waals surface area contributed by atoms with Crippen LogP contribution in [0.1, 0.15) is 11.1 Å². The van der Waals surface area contributed by atoms with Crippen LogP contribution < -0.4 is 16.2 Å². The maximum atomic E-state index is 6.14. The van der Waals surface area contributed by atoms with Crippen LogP contribution in [0.5, 0.6) is 0 Å². The minimum absolute atomic E-state index is 0.855. The second-order valence-corrected chi connectivity index (χ2v) is 5.67. The largest absolute Gasteiger partial charge is 0.398 e. The topological polar surface area (TPSA) is 26.0 Å². The van der Waals surface area contributed by atoms with Crippen molar-refractivity contribution in [3.8, 4) is 22.3 Å². The van der Waals surface area contributed by atoms with Crippen LogP contribution in [0.3, 0.4) is 0 Å². The molecule has 3 aromatic rings. The Labute approximate surface area is 122 Å². The summed E-state index contributed by atoms with van der Waals surface area (Å²) in [4.78, 5) is 0. The van der Waals surface area contributed by atoms with Gasteiger partial charge in [-0.05, 0) is 56.5 Å². The Morgan fingerprint density at radius 3 is 2.19 bits per heavy atom. The first kappa shape index (κ1) is 10.9. The fraction of sp³-hybridized carbons (Fsp3) is 0. The maximum absolute atomic E-state index is 6.14. The predicted octanol–water partition coefficient (Wildman–Crippen LogP) is 2.89. The van der Waals surface area contributed by atoms with E-state index in [1.807, 2.05) is 12.1 Å². The van der Waals surface area contributed by atoms with E-state index in [4.69, 9.17) is 5.73 Å². The number of hydrogen-bond donors (Lipinski definition) is 1. The van der Waals surface area contributed by atoms with Crippen LogP contribution in [0.2, 0.25) is 0 Å². The molecule has 0 unspecified atom stereocenters. The van der Waals surface area contributed by atoms with E-state index in [0.29, 0.717) is 0 Å². The van der Waals surface area contributed by atoms with Crippen LogP contribution in [0, 0.1) is 0 Å². The third-order valence-corrected chi connectivity index (χ3v) is 4.56. The zero-order valence-electron chi connectivity index (χ0n) is 11.4. The van der Waals surface area contributed by atoms with Crippen molar-refractivity contribution in [3.63, 3.8) is 0 Å². The van der Waals surface area contributed by atoms with Crippen LogP contribution in [0.4, 0.5) is 5.69 Å². The molecule has 98 valence electrons. The molecular formula is C20H13N. The highest BCUT2D eigenvalue weighted by Crippen LogP contribution is 2.32. The van der Waals surface area contributed by atoms with Crippen LogP contribution in [0.25, 0.3) is 34.4 Å². The Morgan fingerprint density at radius 1 is 0.571 bits per heavy atom. The summed E-state index contributed by atoms with van der Waals surface area (Å²) in [6.45, 7) is 0. The zero-order chi connectivity index (χ0) is 14.0. The lowest BCUT2D eigenvalue weighted by Gasteiger charge is -2.04. The molecule has 0 aliphatic heterocycles. The second-order valence-electron chi connectivity index (χ2n) is 5.67. The molecule has 0 saturated heterocycles. The van der Waals surface area contributed by atoms with E-state index in [2.05, 4.69) is 54.6 Å². The van der Waals surface area contributed by atoms with Gasteiger partial charge in [0.15, 0.2) is 0 Å². The van der Waals surface area contributed by atoms with E-state index in [1.165, 1.54) is 38.3 Å². The van der Waals surface area contributed by atoms with Gasteiger partial charge in [0.1, 0.15) is 0 Å². The van der Waals surface area contributed by atoms with E-state index in [0.717, 1.165) is 11.3 Å². The first-order valence-corrected chi connectivity index (χ1v) is 7.18. The number of anilines is 1. The number of rotatable bonds is 0. The molecule has 3 aromatic carbocycles. The lowest BCUT2D eigenvalue weighted by atomic mass is 10.0. The number of benzene rings is 3. The summed E-state index contributed by atoms with van der Waals surface area (Å²) in [5, 5.41) is 2.63. The molecule has 0 saturated carbocycles. The summed E-state index contributed by atoms with van der Waals surface area (Å²) < 4.78 is 0. The molecule has 0 spiro atoms. The highest BCUT2D eigenvalue weighted by Gasteiger charge is 2.19. The van der Waals surface area contributed by atoms with Gasteiger partial charge in [0.25, 0.3) is 0 Å². The molecule has 0 amide bonds. The van der Waals surface area contributed by atoms with Crippen molar-refractivity contribution in [2.45, 2.75) is 0 Å². The zero-order valence-corrected chi connectivity index (χ0v) is 11.4.